The van der Waals surface area contributed by atoms with E-state index in [0.29, 0.717) is 12.0 Å². The molecule has 0 heterocycles. The van der Waals surface area contributed by atoms with Gasteiger partial charge in [0.25, 0.3) is 0 Å². The Kier molecular flexibility index (Phi) is 4.03. The molecule has 104 valence electrons. The van der Waals surface area contributed by atoms with Crippen LogP contribution in [0.15, 0.2) is 54.6 Å². The van der Waals surface area contributed by atoms with Crippen LogP contribution in [0.2, 0.25) is 0 Å². The zero-order valence-electron chi connectivity index (χ0n) is 11.9. The highest BCUT2D eigenvalue weighted by atomic mass is 16.5. The lowest BCUT2D eigenvalue weighted by Crippen LogP contribution is -2.20. The fourth-order valence-corrected chi connectivity index (χ4v) is 2.68. The fourth-order valence-electron chi connectivity index (χ4n) is 2.68. The molecule has 3 rings (SSSR count). The van der Waals surface area contributed by atoms with Gasteiger partial charge in [0, 0.05) is 12.0 Å². The molecule has 2 aromatic carbocycles. The van der Waals surface area contributed by atoms with Gasteiger partial charge >= 0.3 is 0 Å². The summed E-state index contributed by atoms with van der Waals surface area (Å²) in [6.45, 7) is 1.04. The number of hydrogen-bond acceptors (Lipinski definition) is 2. The van der Waals surface area contributed by atoms with Crippen molar-refractivity contribution >= 4 is 0 Å². The first-order valence-electron chi connectivity index (χ1n) is 7.28. The highest BCUT2D eigenvalue weighted by Crippen LogP contribution is 2.40. The Balaban J connectivity index is 1.43. The van der Waals surface area contributed by atoms with Crippen molar-refractivity contribution in [2.24, 2.45) is 0 Å². The number of nitrogens with one attached hydrogen (secondary N) is 1. The maximum absolute atomic E-state index is 5.17. The highest BCUT2D eigenvalue weighted by molar-refractivity contribution is 5.29. The third kappa shape index (κ3) is 3.20. The zero-order valence-corrected chi connectivity index (χ0v) is 11.9. The number of benzene rings is 2. The summed E-state index contributed by atoms with van der Waals surface area (Å²) in [6.07, 6.45) is 2.34. The Hall–Kier alpha value is -1.80. The van der Waals surface area contributed by atoms with Crippen molar-refractivity contribution < 1.29 is 4.74 Å². The molecule has 1 aliphatic rings. The Morgan fingerprint density at radius 1 is 1.05 bits per heavy atom. The topological polar surface area (TPSA) is 21.3 Å². The Labute approximate surface area is 120 Å². The van der Waals surface area contributed by atoms with Gasteiger partial charge < -0.3 is 10.1 Å². The number of hydrogen-bond donors (Lipinski definition) is 1. The van der Waals surface area contributed by atoms with Gasteiger partial charge in [-0.15, -0.1) is 0 Å². The van der Waals surface area contributed by atoms with Gasteiger partial charge in [0.15, 0.2) is 0 Å². The van der Waals surface area contributed by atoms with Crippen molar-refractivity contribution in [1.82, 2.24) is 5.32 Å². The maximum atomic E-state index is 5.17. The molecule has 0 radical (unpaired) electrons. The molecular weight excluding hydrogens is 246 g/mol. The number of rotatable bonds is 6. The summed E-state index contributed by atoms with van der Waals surface area (Å²) in [5.74, 6) is 1.64. The van der Waals surface area contributed by atoms with E-state index in [2.05, 4.69) is 47.8 Å². The Bertz CT molecular complexity index is 535. The lowest BCUT2D eigenvalue weighted by Gasteiger charge is -2.06. The van der Waals surface area contributed by atoms with Gasteiger partial charge in [-0.1, -0.05) is 42.5 Å². The summed E-state index contributed by atoms with van der Waals surface area (Å²) in [4.78, 5) is 0. The molecule has 1 fully saturated rings. The van der Waals surface area contributed by atoms with E-state index >= 15 is 0 Å². The Morgan fingerprint density at radius 3 is 2.50 bits per heavy atom. The van der Waals surface area contributed by atoms with Crippen molar-refractivity contribution in [2.45, 2.75) is 24.8 Å². The second-order valence-corrected chi connectivity index (χ2v) is 5.41. The van der Waals surface area contributed by atoms with Crippen LogP contribution in [-0.2, 0) is 6.42 Å². The van der Waals surface area contributed by atoms with E-state index in [1.807, 2.05) is 12.1 Å². The molecule has 0 saturated heterocycles. The number of methoxy groups -OCH3 is 1. The van der Waals surface area contributed by atoms with Gasteiger partial charge in [-0.25, -0.2) is 0 Å². The summed E-state index contributed by atoms with van der Waals surface area (Å²) in [7, 11) is 1.70. The second kappa shape index (κ2) is 6.10. The van der Waals surface area contributed by atoms with Crippen LogP contribution in [0.25, 0.3) is 0 Å². The molecule has 0 aromatic heterocycles. The van der Waals surface area contributed by atoms with E-state index in [0.717, 1.165) is 18.7 Å². The number of ether oxygens (including phenoxy) is 1. The minimum Gasteiger partial charge on any atom is -0.497 e. The van der Waals surface area contributed by atoms with Gasteiger partial charge in [-0.05, 0) is 42.6 Å². The van der Waals surface area contributed by atoms with Crippen LogP contribution in [0, 0.1) is 0 Å². The van der Waals surface area contributed by atoms with Crippen LogP contribution in [0.5, 0.6) is 5.75 Å². The zero-order chi connectivity index (χ0) is 13.8. The van der Waals surface area contributed by atoms with Crippen LogP contribution in [0.3, 0.4) is 0 Å². The average Bonchev–Trinajstić information content (AvgIpc) is 3.28. The van der Waals surface area contributed by atoms with Gasteiger partial charge in [0.2, 0.25) is 0 Å². The predicted molar refractivity (Wildman–Crippen MR) is 82.3 cm³/mol. The second-order valence-electron chi connectivity index (χ2n) is 5.41. The molecule has 2 aromatic rings. The molecule has 2 heteroatoms. The van der Waals surface area contributed by atoms with E-state index in [1.165, 1.54) is 17.5 Å². The molecule has 1 N–H and O–H groups in total. The van der Waals surface area contributed by atoms with E-state index in [-0.39, 0.29) is 0 Å². The molecule has 1 saturated carbocycles. The highest BCUT2D eigenvalue weighted by Gasteiger charge is 2.37. The summed E-state index contributed by atoms with van der Waals surface area (Å²) < 4.78 is 5.17. The third-order valence-electron chi connectivity index (χ3n) is 4.00. The van der Waals surface area contributed by atoms with Crippen molar-refractivity contribution in [2.75, 3.05) is 13.7 Å². The minimum atomic E-state index is 0.663. The first-order valence-corrected chi connectivity index (χ1v) is 7.28. The molecule has 0 amide bonds. The van der Waals surface area contributed by atoms with Crippen LogP contribution in [-0.4, -0.2) is 19.7 Å². The quantitative estimate of drug-likeness (QED) is 0.866. The molecule has 0 aliphatic heterocycles. The molecule has 2 atom stereocenters. The largest absolute Gasteiger partial charge is 0.497 e. The van der Waals surface area contributed by atoms with Crippen LogP contribution in [0.4, 0.5) is 0 Å². The SMILES string of the molecule is COc1ccc(CCN[C@@H]2C[C@H]2c2ccccc2)cc1. The fraction of sp³-hybridized carbons (Fsp3) is 0.333. The lowest BCUT2D eigenvalue weighted by molar-refractivity contribution is 0.414. The summed E-state index contributed by atoms with van der Waals surface area (Å²) in [5.41, 5.74) is 2.82. The average molecular weight is 267 g/mol. The molecule has 0 spiro atoms. The van der Waals surface area contributed by atoms with E-state index in [1.54, 1.807) is 7.11 Å². The summed E-state index contributed by atoms with van der Waals surface area (Å²) in [6, 6.07) is 19.8. The van der Waals surface area contributed by atoms with Crippen LogP contribution < -0.4 is 10.1 Å². The molecular formula is C18H21NO. The van der Waals surface area contributed by atoms with Gasteiger partial charge in [0.05, 0.1) is 7.11 Å². The summed E-state index contributed by atoms with van der Waals surface area (Å²) in [5, 5.41) is 3.65. The minimum absolute atomic E-state index is 0.663. The van der Waals surface area contributed by atoms with Crippen molar-refractivity contribution in [1.29, 1.82) is 0 Å². The maximum Gasteiger partial charge on any atom is 0.118 e. The monoisotopic (exact) mass is 267 g/mol. The van der Waals surface area contributed by atoms with Crippen molar-refractivity contribution in [3.05, 3.63) is 65.7 Å². The smallest absolute Gasteiger partial charge is 0.118 e. The Morgan fingerprint density at radius 2 is 1.80 bits per heavy atom. The van der Waals surface area contributed by atoms with Crippen LogP contribution in [0.1, 0.15) is 23.5 Å². The summed E-state index contributed by atoms with van der Waals surface area (Å²) >= 11 is 0. The first-order chi connectivity index (χ1) is 9.86. The van der Waals surface area contributed by atoms with Crippen molar-refractivity contribution in [3.8, 4) is 5.75 Å². The lowest BCUT2D eigenvalue weighted by atomic mass is 10.1. The van der Waals surface area contributed by atoms with Gasteiger partial charge in [0.1, 0.15) is 5.75 Å². The molecule has 2 nitrogen and oxygen atoms in total. The molecule has 0 unspecified atom stereocenters. The van der Waals surface area contributed by atoms with Crippen molar-refractivity contribution in [3.63, 3.8) is 0 Å². The third-order valence-corrected chi connectivity index (χ3v) is 4.00. The molecule has 1 aliphatic carbocycles. The van der Waals surface area contributed by atoms with E-state index < -0.39 is 0 Å². The van der Waals surface area contributed by atoms with E-state index in [4.69, 9.17) is 4.74 Å². The van der Waals surface area contributed by atoms with Crippen LogP contribution >= 0.6 is 0 Å². The normalized spacial score (nSPS) is 20.6. The van der Waals surface area contributed by atoms with Gasteiger partial charge in [-0.2, -0.15) is 0 Å². The van der Waals surface area contributed by atoms with E-state index in [9.17, 15) is 0 Å². The van der Waals surface area contributed by atoms with Gasteiger partial charge in [-0.3, -0.25) is 0 Å². The first kappa shape index (κ1) is 13.2. The standard InChI is InChI=1S/C18H21NO/c1-20-16-9-7-14(8-10-16)11-12-19-18-13-17(18)15-5-3-2-4-6-15/h2-10,17-19H,11-13H2,1H3/t17-,18+/m0/s1. The molecule has 0 bridgehead atoms. The predicted octanol–water partition coefficient (Wildman–Crippen LogP) is 3.38. The molecule has 20 heavy (non-hydrogen) atoms.